The number of hydrogen-bond donors (Lipinski definition) is 3. The lowest BCUT2D eigenvalue weighted by Crippen LogP contribution is -2.58. The molecule has 3 aromatic rings. The number of carbonyl (C=O) groups excluding carboxylic acids is 7. The smallest absolute Gasteiger partial charge is 0.408 e. The molecule has 0 spiro atoms. The number of benzene rings is 2. The molecule has 1 fully saturated rings. The molecule has 2 aromatic carbocycles. The highest BCUT2D eigenvalue weighted by atomic mass is 16.6. The van der Waals surface area contributed by atoms with Crippen molar-refractivity contribution in [2.75, 3.05) is 19.8 Å². The minimum Gasteiger partial charge on any atom is -0.489 e. The number of Topliss-reactive ketones (excluding diaryl/α,β-unsaturated/α-hetero) is 1. The number of nitrogens with one attached hydrogen (secondary N) is 3. The van der Waals surface area contributed by atoms with E-state index in [1.54, 1.807) is 72.8 Å². The third-order valence-corrected chi connectivity index (χ3v) is 10.5. The van der Waals surface area contributed by atoms with Crippen LogP contribution in [0.5, 0.6) is 5.75 Å². The number of oxazole rings is 1. The quantitative estimate of drug-likeness (QED) is 0.0361. The number of rotatable bonds is 21. The second-order valence-electron chi connectivity index (χ2n) is 17.1. The minimum atomic E-state index is -1.37. The van der Waals surface area contributed by atoms with Crippen LogP contribution >= 0.6 is 0 Å². The standard InChI is InChI=1S/C49H63N5O12/c1-10-31(4)41(53-43(57)40-18-15-23-54(40)46(59)39(29-63-33(6)55)52-48(61)66-49(7,8)9)42(56)44(58)51-38(26-34-19-21-37(22-20-34)64-27-35-16-13-12-14-17-35)45-50-36(28-65-45)25-30(3)24-32(5)47(60)62-11-2/h12-14,16-17,19-22,24-25,28,31,38-41H,10-11,15,18,23,26-27,29H2,1-9H3,(H,51,58)(H,52,61)(H,53,57)/b30-25+,32-24-/t31-,38-,39-,40-,41-/m0/s1. The molecule has 17 nitrogen and oxygen atoms in total. The molecule has 3 N–H and O–H groups in total. The molecule has 4 rings (SSSR count). The maximum absolute atomic E-state index is 14.2. The summed E-state index contributed by atoms with van der Waals surface area (Å²) >= 11 is 0. The Morgan fingerprint density at radius 2 is 1.61 bits per heavy atom. The van der Waals surface area contributed by atoms with Crippen molar-refractivity contribution in [1.82, 2.24) is 25.8 Å². The Balaban J connectivity index is 1.56. The molecule has 5 atom stereocenters. The highest BCUT2D eigenvalue weighted by molar-refractivity contribution is 6.38. The molecule has 17 heteroatoms. The fourth-order valence-electron chi connectivity index (χ4n) is 7.00. The molecule has 0 aliphatic carbocycles. The molecule has 0 saturated carbocycles. The van der Waals surface area contributed by atoms with Crippen molar-refractivity contribution in [2.24, 2.45) is 5.92 Å². The normalized spacial score (nSPS) is 16.0. The minimum absolute atomic E-state index is 0.0956. The molecule has 4 amide bonds. The van der Waals surface area contributed by atoms with E-state index in [4.69, 9.17) is 23.4 Å². The summed E-state index contributed by atoms with van der Waals surface area (Å²) in [6, 6.07) is 12.3. The number of nitrogens with zero attached hydrogens (tertiary/aromatic N) is 2. The molecule has 66 heavy (non-hydrogen) atoms. The van der Waals surface area contributed by atoms with E-state index in [1.165, 1.54) is 11.2 Å². The van der Waals surface area contributed by atoms with Crippen LogP contribution < -0.4 is 20.7 Å². The van der Waals surface area contributed by atoms with Gasteiger partial charge < -0.3 is 44.2 Å². The van der Waals surface area contributed by atoms with Gasteiger partial charge in [-0.1, -0.05) is 62.7 Å². The zero-order valence-electron chi connectivity index (χ0n) is 39.3. The van der Waals surface area contributed by atoms with E-state index in [1.807, 2.05) is 49.4 Å². The van der Waals surface area contributed by atoms with Gasteiger partial charge in [-0.15, -0.1) is 0 Å². The average Bonchev–Trinajstić information content (AvgIpc) is 3.96. The van der Waals surface area contributed by atoms with Gasteiger partial charge in [-0.05, 0) is 101 Å². The van der Waals surface area contributed by atoms with Gasteiger partial charge >= 0.3 is 18.0 Å². The van der Waals surface area contributed by atoms with Gasteiger partial charge in [0.15, 0.2) is 0 Å². The summed E-state index contributed by atoms with van der Waals surface area (Å²) in [4.78, 5) is 98.5. The van der Waals surface area contributed by atoms with E-state index < -0.39 is 83.8 Å². The Labute approximate surface area is 386 Å². The molecular weight excluding hydrogens is 851 g/mol. The van der Waals surface area contributed by atoms with E-state index in [0.29, 0.717) is 42.0 Å². The van der Waals surface area contributed by atoms with Crippen LogP contribution in [0.3, 0.4) is 0 Å². The molecule has 0 unspecified atom stereocenters. The monoisotopic (exact) mass is 913 g/mol. The summed E-state index contributed by atoms with van der Waals surface area (Å²) in [5.41, 5.74) is 2.33. The second-order valence-corrected chi connectivity index (χ2v) is 17.1. The first-order valence-electron chi connectivity index (χ1n) is 22.1. The van der Waals surface area contributed by atoms with Crippen LogP contribution in [0.2, 0.25) is 0 Å². The van der Waals surface area contributed by atoms with Crippen LogP contribution in [0.4, 0.5) is 4.79 Å². The maximum atomic E-state index is 14.2. The number of alkyl carbamates (subject to hydrolysis) is 1. The second kappa shape index (κ2) is 24.5. The van der Waals surface area contributed by atoms with Crippen LogP contribution in [-0.4, -0.2) is 94.9 Å². The highest BCUT2D eigenvalue weighted by Crippen LogP contribution is 2.24. The zero-order valence-corrected chi connectivity index (χ0v) is 39.3. The number of hydrogen-bond acceptors (Lipinski definition) is 13. The van der Waals surface area contributed by atoms with Gasteiger partial charge in [0, 0.05) is 25.5 Å². The fraction of sp³-hybridized carbons (Fsp3) is 0.469. The van der Waals surface area contributed by atoms with E-state index in [0.717, 1.165) is 18.1 Å². The third kappa shape index (κ3) is 16.0. The highest BCUT2D eigenvalue weighted by Gasteiger charge is 2.41. The Bertz CT molecular complexity index is 2230. The van der Waals surface area contributed by atoms with Gasteiger partial charge in [-0.2, -0.15) is 0 Å². The average molecular weight is 914 g/mol. The van der Waals surface area contributed by atoms with E-state index in [-0.39, 0.29) is 31.9 Å². The van der Waals surface area contributed by atoms with E-state index in [2.05, 4.69) is 20.9 Å². The maximum Gasteiger partial charge on any atom is 0.408 e. The third-order valence-electron chi connectivity index (χ3n) is 10.5. The Morgan fingerprint density at radius 1 is 0.909 bits per heavy atom. The number of likely N-dealkylation sites (tertiary alicyclic amines) is 1. The van der Waals surface area contributed by atoms with Gasteiger partial charge in [0.1, 0.15) is 54.6 Å². The summed E-state index contributed by atoms with van der Waals surface area (Å²) in [6.07, 6.45) is 5.02. The Morgan fingerprint density at radius 3 is 2.24 bits per heavy atom. The molecule has 1 aliphatic rings. The van der Waals surface area contributed by atoms with Crippen molar-refractivity contribution in [3.05, 3.63) is 101 Å². The van der Waals surface area contributed by atoms with Crippen LogP contribution in [0, 0.1) is 5.92 Å². The summed E-state index contributed by atoms with van der Waals surface area (Å²) in [5.74, 6) is -4.23. The summed E-state index contributed by atoms with van der Waals surface area (Å²) in [7, 11) is 0. The van der Waals surface area contributed by atoms with Crippen molar-refractivity contribution < 1.29 is 56.9 Å². The molecule has 0 bridgehead atoms. The summed E-state index contributed by atoms with van der Waals surface area (Å²) < 4.78 is 27.3. The van der Waals surface area contributed by atoms with Crippen LogP contribution in [0.1, 0.15) is 110 Å². The number of carbonyl (C=O) groups is 7. The SMILES string of the molecule is CCOC(=O)/C(C)=C\C(C)=C\c1coc([C@H](Cc2ccc(OCc3ccccc3)cc2)NC(=O)C(=O)[C@@H](NC(=O)[C@@H]2CCCN2C(=O)[C@H](COC(C)=O)NC(=O)OC(C)(C)C)[C@@H](C)CC)n1. The molecular formula is C49H63N5O12. The first-order valence-corrected chi connectivity index (χ1v) is 22.1. The lowest BCUT2D eigenvalue weighted by Gasteiger charge is -2.31. The van der Waals surface area contributed by atoms with E-state index in [9.17, 15) is 33.6 Å². The number of amides is 4. The molecule has 1 aliphatic heterocycles. The van der Waals surface area contributed by atoms with Crippen molar-refractivity contribution in [1.29, 1.82) is 0 Å². The number of allylic oxidation sites excluding steroid dienone is 2. The summed E-state index contributed by atoms with van der Waals surface area (Å²) in [5, 5.41) is 7.99. The van der Waals surface area contributed by atoms with Gasteiger partial charge in [-0.3, -0.25) is 24.0 Å². The Kier molecular flexibility index (Phi) is 19.2. The lowest BCUT2D eigenvalue weighted by atomic mass is 9.94. The largest absolute Gasteiger partial charge is 0.489 e. The fourth-order valence-corrected chi connectivity index (χ4v) is 7.00. The van der Waals surface area contributed by atoms with E-state index >= 15 is 0 Å². The predicted molar refractivity (Wildman–Crippen MR) is 243 cm³/mol. The van der Waals surface area contributed by atoms with Crippen molar-refractivity contribution >= 4 is 47.6 Å². The molecule has 356 valence electrons. The number of ketones is 1. The number of esters is 2. The van der Waals surface area contributed by atoms with Gasteiger partial charge in [0.2, 0.25) is 23.5 Å². The molecule has 0 radical (unpaired) electrons. The van der Waals surface area contributed by atoms with Gasteiger partial charge in [0.05, 0.1) is 12.6 Å². The zero-order chi connectivity index (χ0) is 48.6. The first-order chi connectivity index (χ1) is 31.3. The number of ether oxygens (including phenoxy) is 4. The Hall–Kier alpha value is -6.78. The topological polar surface area (TPSA) is 222 Å². The molecule has 2 heterocycles. The van der Waals surface area contributed by atoms with Gasteiger partial charge in [-0.25, -0.2) is 14.6 Å². The van der Waals surface area contributed by atoms with Crippen molar-refractivity contribution in [2.45, 2.75) is 124 Å². The lowest BCUT2D eigenvalue weighted by molar-refractivity contribution is -0.147. The van der Waals surface area contributed by atoms with Crippen molar-refractivity contribution in [3.8, 4) is 5.75 Å². The molecule has 1 saturated heterocycles. The van der Waals surface area contributed by atoms with Crippen LogP contribution in [0.15, 0.2) is 82.5 Å². The predicted octanol–water partition coefficient (Wildman–Crippen LogP) is 6.11. The van der Waals surface area contributed by atoms with Gasteiger partial charge in [0.25, 0.3) is 5.91 Å². The molecule has 1 aromatic heterocycles. The van der Waals surface area contributed by atoms with Crippen LogP contribution in [-0.2, 0) is 56.0 Å². The van der Waals surface area contributed by atoms with Crippen molar-refractivity contribution in [3.63, 3.8) is 0 Å². The summed E-state index contributed by atoms with van der Waals surface area (Å²) in [6.45, 7) is 15.0. The first kappa shape index (κ1) is 51.9. The van der Waals surface area contributed by atoms with Crippen LogP contribution in [0.25, 0.3) is 6.08 Å². The number of aromatic nitrogens is 1.